The fraction of sp³-hybridized carbons (Fsp3) is 0.750. The molecule has 0 bridgehead atoms. The molecule has 168 valence electrons. The van der Waals surface area contributed by atoms with Gasteiger partial charge in [0.05, 0.1) is 0 Å². The standard InChI is InChI=1S/C16H32N4O8Si/c1-3-27-29(26,28-4-2)10-6-7-11(14(22)23)13(21)20-12(15(24)25)8-5-9-19-16(17)18/h11-12,26H,3-10H2,1-2H3,(H,20,21)(H,22,23)(H,24,25)(H4,17,18,19)/t11?,12-/m0/s1. The van der Waals surface area contributed by atoms with E-state index in [1.807, 2.05) is 0 Å². The Bertz CT molecular complexity index is 557. The van der Waals surface area contributed by atoms with Crippen LogP contribution in [-0.2, 0) is 23.2 Å². The van der Waals surface area contributed by atoms with Crippen molar-refractivity contribution in [3.05, 3.63) is 0 Å². The second kappa shape index (κ2) is 13.9. The number of aliphatic carboxylic acids is 2. The zero-order valence-corrected chi connectivity index (χ0v) is 17.8. The van der Waals surface area contributed by atoms with Crippen molar-refractivity contribution in [3.63, 3.8) is 0 Å². The molecule has 0 aromatic carbocycles. The van der Waals surface area contributed by atoms with Crippen molar-refractivity contribution in [1.29, 1.82) is 5.41 Å². The van der Waals surface area contributed by atoms with Gasteiger partial charge in [0.1, 0.15) is 12.0 Å². The topological polar surface area (TPSA) is 204 Å². The monoisotopic (exact) mass is 436 g/mol. The van der Waals surface area contributed by atoms with E-state index >= 15 is 0 Å². The van der Waals surface area contributed by atoms with Gasteiger partial charge >= 0.3 is 20.7 Å². The van der Waals surface area contributed by atoms with Crippen LogP contribution >= 0.6 is 0 Å². The Morgan fingerprint density at radius 3 is 2.10 bits per heavy atom. The molecule has 0 radical (unpaired) electrons. The maximum Gasteiger partial charge on any atom is 0.498 e. The molecule has 12 nitrogen and oxygen atoms in total. The van der Waals surface area contributed by atoms with Crippen molar-refractivity contribution in [2.24, 2.45) is 11.7 Å². The summed E-state index contributed by atoms with van der Waals surface area (Å²) >= 11 is 0. The van der Waals surface area contributed by atoms with Crippen LogP contribution in [0.2, 0.25) is 6.04 Å². The lowest BCUT2D eigenvalue weighted by Gasteiger charge is -2.23. The highest BCUT2D eigenvalue weighted by Gasteiger charge is 2.37. The first-order chi connectivity index (χ1) is 13.6. The Morgan fingerprint density at radius 1 is 1.07 bits per heavy atom. The van der Waals surface area contributed by atoms with Crippen molar-refractivity contribution in [1.82, 2.24) is 10.6 Å². The quantitative estimate of drug-likeness (QED) is 0.0532. The normalized spacial score (nSPS) is 13.3. The van der Waals surface area contributed by atoms with Crippen molar-refractivity contribution < 1.29 is 38.2 Å². The summed E-state index contributed by atoms with van der Waals surface area (Å²) < 4.78 is 10.5. The van der Waals surface area contributed by atoms with Gasteiger partial charge in [0.15, 0.2) is 5.96 Å². The molecule has 0 aromatic heterocycles. The largest absolute Gasteiger partial charge is 0.498 e. The van der Waals surface area contributed by atoms with Crippen molar-refractivity contribution >= 4 is 32.6 Å². The number of rotatable bonds is 16. The summed E-state index contributed by atoms with van der Waals surface area (Å²) in [6.07, 6.45) is 0.396. The molecule has 2 atom stereocenters. The third-order valence-corrected chi connectivity index (χ3v) is 6.40. The minimum absolute atomic E-state index is 0.0367. The van der Waals surface area contributed by atoms with Gasteiger partial charge in [0.2, 0.25) is 5.91 Å². The van der Waals surface area contributed by atoms with E-state index in [1.165, 1.54) is 0 Å². The lowest BCUT2D eigenvalue weighted by Crippen LogP contribution is -2.46. The lowest BCUT2D eigenvalue weighted by molar-refractivity contribution is -0.150. The molecule has 0 saturated heterocycles. The molecular weight excluding hydrogens is 404 g/mol. The lowest BCUT2D eigenvalue weighted by atomic mass is 10.0. The van der Waals surface area contributed by atoms with E-state index in [-0.39, 0.29) is 51.0 Å². The molecule has 1 amide bonds. The first kappa shape index (κ1) is 26.8. The highest BCUT2D eigenvalue weighted by Crippen LogP contribution is 2.18. The van der Waals surface area contributed by atoms with Gasteiger partial charge in [-0.25, -0.2) is 4.79 Å². The number of carbonyl (C=O) groups excluding carboxylic acids is 1. The van der Waals surface area contributed by atoms with E-state index in [4.69, 9.17) is 20.0 Å². The highest BCUT2D eigenvalue weighted by molar-refractivity contribution is 6.59. The Balaban J connectivity index is 4.78. The molecule has 0 fully saturated rings. The summed E-state index contributed by atoms with van der Waals surface area (Å²) in [5.74, 6) is -5.31. The Morgan fingerprint density at radius 2 is 1.66 bits per heavy atom. The molecule has 0 heterocycles. The SMILES string of the molecule is CCO[Si](O)(CCCC(C(=O)O)C(=O)N[C@@H](CCCNC(=N)N)C(=O)O)OCC. The molecule has 0 aliphatic heterocycles. The number of nitrogens with one attached hydrogen (secondary N) is 3. The van der Waals surface area contributed by atoms with Crippen LogP contribution in [0.5, 0.6) is 0 Å². The van der Waals surface area contributed by atoms with Gasteiger partial charge in [0.25, 0.3) is 0 Å². The molecule has 1 unspecified atom stereocenters. The minimum Gasteiger partial charge on any atom is -0.481 e. The van der Waals surface area contributed by atoms with E-state index in [9.17, 15) is 29.4 Å². The Hall–Kier alpha value is -2.22. The minimum atomic E-state index is -3.42. The van der Waals surface area contributed by atoms with E-state index in [0.29, 0.717) is 6.42 Å². The predicted octanol–water partition coefficient (Wildman–Crippen LogP) is -0.696. The summed E-state index contributed by atoms with van der Waals surface area (Å²) in [5.41, 5.74) is 5.13. The smallest absolute Gasteiger partial charge is 0.481 e. The van der Waals surface area contributed by atoms with E-state index in [0.717, 1.165) is 0 Å². The fourth-order valence-corrected chi connectivity index (χ4v) is 4.52. The predicted molar refractivity (Wildman–Crippen MR) is 105 cm³/mol. The average Bonchev–Trinajstić information content (AvgIpc) is 2.60. The number of carbonyl (C=O) groups is 3. The van der Waals surface area contributed by atoms with E-state index < -0.39 is 38.6 Å². The highest BCUT2D eigenvalue weighted by atomic mass is 28.4. The second-order valence-electron chi connectivity index (χ2n) is 6.24. The third-order valence-electron chi connectivity index (χ3n) is 3.94. The summed E-state index contributed by atoms with van der Waals surface area (Å²) in [6, 6.07) is -1.18. The first-order valence-electron chi connectivity index (χ1n) is 9.40. The van der Waals surface area contributed by atoms with Gasteiger partial charge in [-0.3, -0.25) is 15.0 Å². The molecule has 0 spiro atoms. The van der Waals surface area contributed by atoms with Crippen LogP contribution in [-0.4, -0.2) is 73.4 Å². The summed E-state index contributed by atoms with van der Waals surface area (Å²) in [6.45, 7) is 4.12. The van der Waals surface area contributed by atoms with Gasteiger partial charge in [-0.05, 0) is 39.5 Å². The molecule has 0 saturated carbocycles. The van der Waals surface area contributed by atoms with Crippen molar-refractivity contribution in [2.45, 2.75) is 51.6 Å². The molecule has 8 N–H and O–H groups in total. The second-order valence-corrected chi connectivity index (χ2v) is 8.75. The van der Waals surface area contributed by atoms with Crippen LogP contribution in [0.4, 0.5) is 0 Å². The van der Waals surface area contributed by atoms with Gasteiger partial charge in [0, 0.05) is 25.8 Å². The van der Waals surface area contributed by atoms with Gasteiger partial charge < -0.3 is 40.2 Å². The van der Waals surface area contributed by atoms with Crippen LogP contribution in [0.3, 0.4) is 0 Å². The van der Waals surface area contributed by atoms with Crippen LogP contribution in [0.15, 0.2) is 0 Å². The molecular formula is C16H32N4O8Si. The molecule has 13 heteroatoms. The maximum atomic E-state index is 12.3. The number of carboxylic acids is 2. The molecule has 0 aliphatic carbocycles. The van der Waals surface area contributed by atoms with Gasteiger partial charge in [-0.2, -0.15) is 0 Å². The number of guanidine groups is 1. The zero-order chi connectivity index (χ0) is 22.4. The van der Waals surface area contributed by atoms with E-state index in [2.05, 4.69) is 10.6 Å². The first-order valence-corrected chi connectivity index (χ1v) is 11.4. The Kier molecular flexibility index (Phi) is 12.8. The summed E-state index contributed by atoms with van der Waals surface area (Å²) in [4.78, 5) is 45.4. The fourth-order valence-electron chi connectivity index (χ4n) is 2.59. The molecule has 0 aromatic rings. The number of nitrogens with two attached hydrogens (primary N) is 1. The third kappa shape index (κ3) is 11.4. The molecule has 0 aliphatic rings. The number of amides is 1. The van der Waals surface area contributed by atoms with Crippen molar-refractivity contribution in [2.75, 3.05) is 19.8 Å². The number of hydrogen-bond acceptors (Lipinski definition) is 7. The van der Waals surface area contributed by atoms with Gasteiger partial charge in [-0.1, -0.05) is 0 Å². The van der Waals surface area contributed by atoms with Crippen molar-refractivity contribution in [3.8, 4) is 0 Å². The zero-order valence-electron chi connectivity index (χ0n) is 16.8. The summed E-state index contributed by atoms with van der Waals surface area (Å²) in [7, 11) is -3.42. The number of carboxylic acid groups (broad SMARTS) is 2. The van der Waals surface area contributed by atoms with Crippen LogP contribution in [0.1, 0.15) is 39.5 Å². The van der Waals surface area contributed by atoms with Crippen LogP contribution < -0.4 is 16.4 Å². The maximum absolute atomic E-state index is 12.3. The van der Waals surface area contributed by atoms with E-state index in [1.54, 1.807) is 13.8 Å². The molecule has 29 heavy (non-hydrogen) atoms. The molecule has 0 rings (SSSR count). The average molecular weight is 437 g/mol. The van der Waals surface area contributed by atoms with Crippen LogP contribution in [0, 0.1) is 11.3 Å². The number of hydrogen-bond donors (Lipinski definition) is 7. The van der Waals surface area contributed by atoms with Crippen LogP contribution in [0.25, 0.3) is 0 Å². The Labute approximate surface area is 170 Å². The summed E-state index contributed by atoms with van der Waals surface area (Å²) in [5, 5.41) is 30.4. The van der Waals surface area contributed by atoms with Gasteiger partial charge in [-0.15, -0.1) is 0 Å².